The minimum absolute atomic E-state index is 0.239. The first-order valence-corrected chi connectivity index (χ1v) is 5.96. The topological polar surface area (TPSA) is 9.23 Å². The molecule has 0 atom stereocenters. The van der Waals surface area contributed by atoms with E-state index in [2.05, 4.69) is 0 Å². The van der Waals surface area contributed by atoms with Crippen molar-refractivity contribution in [2.24, 2.45) is 0 Å². The van der Waals surface area contributed by atoms with Gasteiger partial charge in [-0.2, -0.15) is 13.2 Å². The van der Waals surface area contributed by atoms with Crippen molar-refractivity contribution in [1.82, 2.24) is 0 Å². The van der Waals surface area contributed by atoms with E-state index < -0.39 is 12.6 Å². The van der Waals surface area contributed by atoms with E-state index >= 15 is 0 Å². The van der Waals surface area contributed by atoms with Crippen LogP contribution in [0.4, 0.5) is 13.2 Å². The van der Waals surface area contributed by atoms with E-state index in [1.54, 1.807) is 6.07 Å². The monoisotopic (exact) mass is 276 g/mol. The van der Waals surface area contributed by atoms with Gasteiger partial charge in [-0.25, -0.2) is 0 Å². The van der Waals surface area contributed by atoms with Crippen LogP contribution in [-0.4, -0.2) is 19.4 Å². The van der Waals surface area contributed by atoms with Crippen LogP contribution < -0.4 is 0 Å². The second-order valence-corrected chi connectivity index (χ2v) is 4.60. The molecule has 1 aromatic carbocycles. The van der Waals surface area contributed by atoms with Crippen molar-refractivity contribution in [1.29, 1.82) is 0 Å². The zero-order valence-corrected chi connectivity index (χ0v) is 10.3. The van der Waals surface area contributed by atoms with Crippen LogP contribution in [-0.2, 0) is 11.2 Å². The number of ether oxygens (including phenoxy) is 1. The second kappa shape index (κ2) is 5.33. The molecule has 0 saturated heterocycles. The van der Waals surface area contributed by atoms with Crippen molar-refractivity contribution in [3.8, 4) is 0 Å². The third kappa shape index (κ3) is 3.50. The molecule has 18 heavy (non-hydrogen) atoms. The number of alkyl halides is 3. The largest absolute Gasteiger partial charge is 0.393 e. The third-order valence-electron chi connectivity index (χ3n) is 2.72. The summed E-state index contributed by atoms with van der Waals surface area (Å²) in [6.45, 7) is 0.948. The van der Waals surface area contributed by atoms with Crippen LogP contribution >= 0.6 is 11.6 Å². The van der Waals surface area contributed by atoms with Gasteiger partial charge in [-0.3, -0.25) is 0 Å². The van der Waals surface area contributed by atoms with Crippen molar-refractivity contribution < 1.29 is 17.9 Å². The van der Waals surface area contributed by atoms with Gasteiger partial charge in [0, 0.05) is 5.02 Å². The fourth-order valence-electron chi connectivity index (χ4n) is 1.96. The van der Waals surface area contributed by atoms with Crippen LogP contribution in [0.25, 0.3) is 5.57 Å². The molecule has 98 valence electrons. The number of benzene rings is 1. The number of halogens is 4. The number of hydrogen-bond acceptors (Lipinski definition) is 1. The molecule has 0 amide bonds. The van der Waals surface area contributed by atoms with Crippen LogP contribution in [0.1, 0.15) is 17.5 Å². The molecule has 0 fully saturated rings. The maximum atomic E-state index is 12.5. The summed E-state index contributed by atoms with van der Waals surface area (Å²) in [5.41, 5.74) is 1.56. The zero-order chi connectivity index (χ0) is 13.2. The zero-order valence-electron chi connectivity index (χ0n) is 9.56. The summed E-state index contributed by atoms with van der Waals surface area (Å²) in [7, 11) is 0. The van der Waals surface area contributed by atoms with Crippen LogP contribution in [0.15, 0.2) is 24.3 Å². The Labute approximate surface area is 108 Å². The normalized spacial score (nSPS) is 16.6. The Bertz CT molecular complexity index is 466. The number of hydrogen-bond donors (Lipinski definition) is 0. The molecule has 5 heteroatoms. The van der Waals surface area contributed by atoms with Gasteiger partial charge in [0.05, 0.1) is 19.6 Å². The fourth-order valence-corrected chi connectivity index (χ4v) is 2.14. The van der Waals surface area contributed by atoms with Gasteiger partial charge in [-0.1, -0.05) is 23.7 Å². The lowest BCUT2D eigenvalue weighted by atomic mass is 9.96. The fraction of sp³-hybridized carbons (Fsp3) is 0.385. The third-order valence-corrected chi connectivity index (χ3v) is 2.95. The van der Waals surface area contributed by atoms with Crippen molar-refractivity contribution in [3.05, 3.63) is 40.4 Å². The van der Waals surface area contributed by atoms with Crippen LogP contribution in [0.2, 0.25) is 5.02 Å². The van der Waals surface area contributed by atoms with Crippen molar-refractivity contribution in [2.45, 2.75) is 19.0 Å². The predicted molar refractivity (Wildman–Crippen MR) is 64.6 cm³/mol. The first kappa shape index (κ1) is 13.4. The molecule has 0 aromatic heterocycles. The van der Waals surface area contributed by atoms with Crippen LogP contribution in [0.5, 0.6) is 0 Å². The summed E-state index contributed by atoms with van der Waals surface area (Å²) in [6.07, 6.45) is -2.54. The molecule has 0 aliphatic carbocycles. The molecule has 2 rings (SSSR count). The van der Waals surface area contributed by atoms with Crippen molar-refractivity contribution in [3.63, 3.8) is 0 Å². The second-order valence-electron chi connectivity index (χ2n) is 4.16. The molecular weight excluding hydrogens is 265 g/mol. The molecule has 0 N–H and O–H groups in total. The van der Waals surface area contributed by atoms with E-state index in [4.69, 9.17) is 16.3 Å². The predicted octanol–water partition coefficient (Wildman–Crippen LogP) is 4.25. The molecular formula is C13H12ClF3O. The summed E-state index contributed by atoms with van der Waals surface area (Å²) >= 11 is 5.86. The van der Waals surface area contributed by atoms with Crippen molar-refractivity contribution >= 4 is 17.2 Å². The molecule has 0 spiro atoms. The summed E-state index contributed by atoms with van der Waals surface area (Å²) < 4.78 is 42.8. The Balaban J connectivity index is 2.37. The van der Waals surface area contributed by atoms with Gasteiger partial charge in [0.25, 0.3) is 0 Å². The molecule has 0 bridgehead atoms. The van der Waals surface area contributed by atoms with E-state index in [1.165, 1.54) is 12.1 Å². The first-order chi connectivity index (χ1) is 8.46. The Morgan fingerprint density at radius 1 is 1.28 bits per heavy atom. The molecule has 1 aliphatic heterocycles. The van der Waals surface area contributed by atoms with E-state index in [0.717, 1.165) is 5.57 Å². The quantitative estimate of drug-likeness (QED) is 0.785. The molecule has 0 radical (unpaired) electrons. The molecule has 1 aromatic rings. The van der Waals surface area contributed by atoms with Crippen molar-refractivity contribution in [2.75, 3.05) is 13.2 Å². The highest BCUT2D eigenvalue weighted by Gasteiger charge is 2.29. The lowest BCUT2D eigenvalue weighted by molar-refractivity contribution is -0.127. The van der Waals surface area contributed by atoms with Gasteiger partial charge in [-0.05, 0) is 35.3 Å². The maximum Gasteiger partial charge on any atom is 0.393 e. The van der Waals surface area contributed by atoms with E-state index in [9.17, 15) is 13.2 Å². The van der Waals surface area contributed by atoms with Crippen LogP contribution in [0, 0.1) is 0 Å². The highest BCUT2D eigenvalue weighted by Crippen LogP contribution is 2.30. The average Bonchev–Trinajstić information content (AvgIpc) is 2.31. The van der Waals surface area contributed by atoms with Gasteiger partial charge < -0.3 is 4.74 Å². The van der Waals surface area contributed by atoms with Gasteiger partial charge >= 0.3 is 6.18 Å². The highest BCUT2D eigenvalue weighted by atomic mass is 35.5. The molecule has 0 unspecified atom stereocenters. The Kier molecular flexibility index (Phi) is 3.97. The van der Waals surface area contributed by atoms with Crippen LogP contribution in [0.3, 0.4) is 0 Å². The first-order valence-electron chi connectivity index (χ1n) is 5.58. The van der Waals surface area contributed by atoms with Gasteiger partial charge in [0.2, 0.25) is 0 Å². The van der Waals surface area contributed by atoms with E-state index in [0.29, 0.717) is 30.2 Å². The minimum atomic E-state index is -4.22. The highest BCUT2D eigenvalue weighted by molar-refractivity contribution is 6.30. The van der Waals surface area contributed by atoms with E-state index in [-0.39, 0.29) is 5.56 Å². The maximum absolute atomic E-state index is 12.5. The lowest BCUT2D eigenvalue weighted by Gasteiger charge is -2.18. The Hall–Kier alpha value is -1.00. The molecule has 1 aliphatic rings. The standard InChI is InChI=1S/C13H12ClF3O/c14-11-4-3-9(7-13(15,16)17)12(6-11)10-2-1-5-18-8-10/h2-4,6H,1,5,7-8H2. The summed E-state index contributed by atoms with van der Waals surface area (Å²) in [5.74, 6) is 0. The average molecular weight is 277 g/mol. The molecule has 1 heterocycles. The smallest absolute Gasteiger partial charge is 0.376 e. The molecule has 0 saturated carbocycles. The number of rotatable bonds is 2. The van der Waals surface area contributed by atoms with Gasteiger partial charge in [-0.15, -0.1) is 0 Å². The summed E-state index contributed by atoms with van der Waals surface area (Å²) in [5, 5.41) is 0.433. The summed E-state index contributed by atoms with van der Waals surface area (Å²) in [4.78, 5) is 0. The lowest BCUT2D eigenvalue weighted by Crippen LogP contribution is -2.14. The minimum Gasteiger partial charge on any atom is -0.376 e. The van der Waals surface area contributed by atoms with Gasteiger partial charge in [0.1, 0.15) is 0 Å². The SMILES string of the molecule is FC(F)(F)Cc1ccc(Cl)cc1C1=CCCOC1. The Morgan fingerprint density at radius 3 is 2.67 bits per heavy atom. The summed E-state index contributed by atoms with van der Waals surface area (Å²) in [6, 6.07) is 4.49. The molecule has 1 nitrogen and oxygen atoms in total. The van der Waals surface area contributed by atoms with Gasteiger partial charge in [0.15, 0.2) is 0 Å². The van der Waals surface area contributed by atoms with E-state index in [1.807, 2.05) is 6.08 Å². The Morgan fingerprint density at radius 2 is 2.06 bits per heavy atom.